The van der Waals surface area contributed by atoms with Crippen molar-refractivity contribution in [2.45, 2.75) is 13.8 Å². The van der Waals surface area contributed by atoms with Gasteiger partial charge in [0.1, 0.15) is 11.3 Å². The van der Waals surface area contributed by atoms with E-state index >= 15 is 0 Å². The van der Waals surface area contributed by atoms with E-state index in [2.05, 4.69) is 16.7 Å². The lowest BCUT2D eigenvalue weighted by Crippen LogP contribution is -2.47. The lowest BCUT2D eigenvalue weighted by molar-refractivity contribution is 0.0692. The molecule has 0 aromatic heterocycles. The summed E-state index contributed by atoms with van der Waals surface area (Å²) in [6, 6.07) is 4.62. The third kappa shape index (κ3) is 4.53. The van der Waals surface area contributed by atoms with E-state index in [-0.39, 0.29) is 11.3 Å². The monoisotopic (exact) mass is 320 g/mol. The number of nitrogens with zero attached hydrogens (tertiary/aromatic N) is 2. The van der Waals surface area contributed by atoms with Gasteiger partial charge in [0.15, 0.2) is 5.78 Å². The van der Waals surface area contributed by atoms with E-state index in [0.29, 0.717) is 24.5 Å². The standard InChI is InChI=1S/C17H24N2O4/c1-3-18-7-9-19(10-8-18)12-15(20)13-5-6-16(23-4-2)14(11-13)17(21)22/h5-6,11H,3-4,7-10,12H2,1-2H3,(H,21,22). The minimum Gasteiger partial charge on any atom is -0.493 e. The first-order valence-corrected chi connectivity index (χ1v) is 8.03. The van der Waals surface area contributed by atoms with Gasteiger partial charge in [-0.25, -0.2) is 4.79 Å². The molecule has 0 bridgehead atoms. The first-order chi connectivity index (χ1) is 11.0. The van der Waals surface area contributed by atoms with Crippen LogP contribution in [0.25, 0.3) is 0 Å². The summed E-state index contributed by atoms with van der Waals surface area (Å²) in [6.07, 6.45) is 0. The molecule has 1 aromatic rings. The number of carbonyl (C=O) groups excluding carboxylic acids is 1. The van der Waals surface area contributed by atoms with E-state index in [9.17, 15) is 14.7 Å². The summed E-state index contributed by atoms with van der Waals surface area (Å²) in [5, 5.41) is 9.27. The Labute approximate surface area is 136 Å². The van der Waals surface area contributed by atoms with Crippen LogP contribution in [-0.2, 0) is 0 Å². The molecule has 6 heteroatoms. The smallest absolute Gasteiger partial charge is 0.339 e. The number of hydrogen-bond donors (Lipinski definition) is 1. The number of carboxylic acid groups (broad SMARTS) is 1. The molecule has 6 nitrogen and oxygen atoms in total. The Kier molecular flexibility index (Phi) is 6.12. The molecule has 1 fully saturated rings. The van der Waals surface area contributed by atoms with Gasteiger partial charge in [-0.3, -0.25) is 9.69 Å². The number of Topliss-reactive ketones (excluding diaryl/α,β-unsaturated/α-hetero) is 1. The van der Waals surface area contributed by atoms with Crippen LogP contribution in [0.15, 0.2) is 18.2 Å². The molecular formula is C17H24N2O4. The number of rotatable bonds is 7. The number of aromatic carboxylic acids is 1. The molecule has 0 aliphatic carbocycles. The van der Waals surface area contributed by atoms with E-state index in [0.717, 1.165) is 32.7 Å². The fraction of sp³-hybridized carbons (Fsp3) is 0.529. The van der Waals surface area contributed by atoms with Crippen molar-refractivity contribution in [1.29, 1.82) is 0 Å². The predicted octanol–water partition coefficient (Wildman–Crippen LogP) is 1.60. The van der Waals surface area contributed by atoms with Crippen LogP contribution in [-0.4, -0.2) is 72.5 Å². The van der Waals surface area contributed by atoms with E-state index < -0.39 is 5.97 Å². The van der Waals surface area contributed by atoms with Crippen LogP contribution in [0.1, 0.15) is 34.6 Å². The summed E-state index contributed by atoms with van der Waals surface area (Å²) in [7, 11) is 0. The molecule has 1 saturated heterocycles. The minimum atomic E-state index is -1.08. The predicted molar refractivity (Wildman–Crippen MR) is 87.5 cm³/mol. The number of benzene rings is 1. The van der Waals surface area contributed by atoms with E-state index in [1.54, 1.807) is 19.1 Å². The van der Waals surface area contributed by atoms with Gasteiger partial charge < -0.3 is 14.7 Å². The largest absolute Gasteiger partial charge is 0.493 e. The molecule has 0 amide bonds. The highest BCUT2D eigenvalue weighted by Crippen LogP contribution is 2.21. The SMILES string of the molecule is CCOc1ccc(C(=O)CN2CCN(CC)CC2)cc1C(=O)O. The van der Waals surface area contributed by atoms with Crippen LogP contribution in [0.4, 0.5) is 0 Å². The van der Waals surface area contributed by atoms with Crippen LogP contribution in [0, 0.1) is 0 Å². The third-order valence-corrected chi connectivity index (χ3v) is 4.11. The van der Waals surface area contributed by atoms with Gasteiger partial charge in [0.2, 0.25) is 0 Å². The lowest BCUT2D eigenvalue weighted by atomic mass is 10.1. The quantitative estimate of drug-likeness (QED) is 0.770. The maximum atomic E-state index is 12.4. The van der Waals surface area contributed by atoms with Crippen LogP contribution in [0.3, 0.4) is 0 Å². The summed E-state index contributed by atoms with van der Waals surface area (Å²) in [5.41, 5.74) is 0.456. The Morgan fingerprint density at radius 1 is 1.13 bits per heavy atom. The normalized spacial score (nSPS) is 16.3. The van der Waals surface area contributed by atoms with E-state index in [1.165, 1.54) is 6.07 Å². The number of likely N-dealkylation sites (N-methyl/N-ethyl adjacent to an activating group) is 1. The second kappa shape index (κ2) is 8.08. The van der Waals surface area contributed by atoms with Crippen molar-refractivity contribution >= 4 is 11.8 Å². The average molecular weight is 320 g/mol. The summed E-state index contributed by atoms with van der Waals surface area (Å²) in [5.74, 6) is -0.840. The van der Waals surface area contributed by atoms with Crippen molar-refractivity contribution in [3.63, 3.8) is 0 Å². The Hall–Kier alpha value is -1.92. The lowest BCUT2D eigenvalue weighted by Gasteiger charge is -2.33. The van der Waals surface area contributed by atoms with Crippen LogP contribution >= 0.6 is 0 Å². The Balaban J connectivity index is 2.05. The van der Waals surface area contributed by atoms with Crippen LogP contribution < -0.4 is 4.74 Å². The van der Waals surface area contributed by atoms with Gasteiger partial charge in [0.25, 0.3) is 0 Å². The van der Waals surface area contributed by atoms with Crippen molar-refractivity contribution in [1.82, 2.24) is 9.80 Å². The zero-order valence-electron chi connectivity index (χ0n) is 13.7. The first kappa shape index (κ1) is 17.4. The third-order valence-electron chi connectivity index (χ3n) is 4.11. The second-order valence-electron chi connectivity index (χ2n) is 5.58. The van der Waals surface area contributed by atoms with Crippen molar-refractivity contribution in [2.24, 2.45) is 0 Å². The van der Waals surface area contributed by atoms with Gasteiger partial charge in [0.05, 0.1) is 13.2 Å². The average Bonchev–Trinajstić information content (AvgIpc) is 2.56. The number of carbonyl (C=O) groups is 2. The number of piperazine rings is 1. The molecule has 126 valence electrons. The van der Waals surface area contributed by atoms with Crippen molar-refractivity contribution < 1.29 is 19.4 Å². The second-order valence-corrected chi connectivity index (χ2v) is 5.58. The molecular weight excluding hydrogens is 296 g/mol. The maximum absolute atomic E-state index is 12.4. The molecule has 0 spiro atoms. The summed E-state index contributed by atoms with van der Waals surface area (Å²) >= 11 is 0. The molecule has 0 radical (unpaired) electrons. The topological polar surface area (TPSA) is 70.1 Å². The zero-order valence-corrected chi connectivity index (χ0v) is 13.7. The number of hydrogen-bond acceptors (Lipinski definition) is 5. The highest BCUT2D eigenvalue weighted by molar-refractivity contribution is 6.01. The van der Waals surface area contributed by atoms with Gasteiger partial charge in [-0.2, -0.15) is 0 Å². The van der Waals surface area contributed by atoms with Crippen LogP contribution in [0.2, 0.25) is 0 Å². The minimum absolute atomic E-state index is 0.0357. The molecule has 23 heavy (non-hydrogen) atoms. The summed E-state index contributed by atoms with van der Waals surface area (Å²) in [4.78, 5) is 28.2. The zero-order chi connectivity index (χ0) is 16.8. The number of ether oxygens (including phenoxy) is 1. The molecule has 0 saturated carbocycles. The highest BCUT2D eigenvalue weighted by Gasteiger charge is 2.20. The van der Waals surface area contributed by atoms with E-state index in [4.69, 9.17) is 4.74 Å². The van der Waals surface area contributed by atoms with Crippen molar-refractivity contribution in [3.8, 4) is 5.75 Å². The molecule has 2 rings (SSSR count). The Morgan fingerprint density at radius 2 is 1.78 bits per heavy atom. The van der Waals surface area contributed by atoms with Gasteiger partial charge in [0, 0.05) is 31.7 Å². The van der Waals surface area contributed by atoms with Crippen molar-refractivity contribution in [3.05, 3.63) is 29.3 Å². The van der Waals surface area contributed by atoms with Gasteiger partial charge in [-0.05, 0) is 31.7 Å². The van der Waals surface area contributed by atoms with Gasteiger partial charge in [-0.1, -0.05) is 6.92 Å². The van der Waals surface area contributed by atoms with Gasteiger partial charge >= 0.3 is 5.97 Å². The first-order valence-electron chi connectivity index (χ1n) is 8.03. The molecule has 1 aliphatic heterocycles. The molecule has 1 heterocycles. The van der Waals surface area contributed by atoms with Crippen molar-refractivity contribution in [2.75, 3.05) is 45.9 Å². The summed E-state index contributed by atoms with van der Waals surface area (Å²) in [6.45, 7) is 9.32. The molecule has 1 aromatic carbocycles. The van der Waals surface area contributed by atoms with E-state index in [1.807, 2.05) is 0 Å². The fourth-order valence-corrected chi connectivity index (χ4v) is 2.71. The Morgan fingerprint density at radius 3 is 2.35 bits per heavy atom. The molecule has 1 aliphatic rings. The number of carboxylic acids is 1. The van der Waals surface area contributed by atoms with Gasteiger partial charge in [-0.15, -0.1) is 0 Å². The van der Waals surface area contributed by atoms with Crippen LogP contribution in [0.5, 0.6) is 5.75 Å². The number of ketones is 1. The fourth-order valence-electron chi connectivity index (χ4n) is 2.71. The molecule has 0 atom stereocenters. The Bertz CT molecular complexity index is 566. The maximum Gasteiger partial charge on any atom is 0.339 e. The highest BCUT2D eigenvalue weighted by atomic mass is 16.5. The molecule has 1 N–H and O–H groups in total. The summed E-state index contributed by atoms with van der Waals surface area (Å²) < 4.78 is 5.30. The molecule has 0 unspecified atom stereocenters.